The molecule has 0 aromatic heterocycles. The molecule has 0 saturated carbocycles. The van der Waals surface area contributed by atoms with E-state index in [0.29, 0.717) is 5.41 Å². The third-order valence-electron chi connectivity index (χ3n) is 12.9. The van der Waals surface area contributed by atoms with Crippen LogP contribution in [0.25, 0.3) is 33.4 Å². The molecule has 0 spiro atoms. The van der Waals surface area contributed by atoms with Gasteiger partial charge in [-0.3, -0.25) is 0 Å². The molecular formula is C63H70Cl4Zr-2. The summed E-state index contributed by atoms with van der Waals surface area (Å²) in [5.74, 6) is 0. The second-order valence-electron chi connectivity index (χ2n) is 21.7. The quantitative estimate of drug-likeness (QED) is 0.151. The normalized spacial score (nSPS) is 11.8. The van der Waals surface area contributed by atoms with Gasteiger partial charge in [0.15, 0.2) is 0 Å². The van der Waals surface area contributed by atoms with Gasteiger partial charge >= 0.3 is 120 Å². The minimum absolute atomic E-state index is 0. The first kappa shape index (κ1) is 57.2. The van der Waals surface area contributed by atoms with E-state index in [-0.39, 0.29) is 35.6 Å². The molecule has 0 bridgehead atoms. The second-order valence-corrected chi connectivity index (χ2v) is 23.8. The Kier molecular flexibility index (Phi) is 19.1. The number of hydrogen-bond donors (Lipinski definition) is 0. The fraction of sp³-hybridized carbons (Fsp3) is 0.333. The summed E-state index contributed by atoms with van der Waals surface area (Å²) >= 11 is 13.3. The molecular weight excluding hydrogens is 990 g/mol. The van der Waals surface area contributed by atoms with E-state index in [9.17, 15) is 0 Å². The van der Waals surface area contributed by atoms with Gasteiger partial charge in [-0.15, -0.1) is 28.8 Å². The number of halogens is 4. The first-order valence-corrected chi connectivity index (χ1v) is 25.6. The number of benzene rings is 6. The molecule has 1 aliphatic rings. The third kappa shape index (κ3) is 13.3. The summed E-state index contributed by atoms with van der Waals surface area (Å²) in [7, 11) is 0. The van der Waals surface area contributed by atoms with Crippen molar-refractivity contribution in [2.24, 2.45) is 0 Å². The van der Waals surface area contributed by atoms with Crippen molar-refractivity contribution in [2.45, 2.75) is 140 Å². The van der Waals surface area contributed by atoms with Gasteiger partial charge in [-0.05, 0) is 92.2 Å². The average Bonchev–Trinajstić information content (AvgIpc) is 3.84. The fourth-order valence-corrected chi connectivity index (χ4v) is 10.8. The zero-order valence-corrected chi connectivity index (χ0v) is 48.8. The van der Waals surface area contributed by atoms with E-state index in [1.807, 2.05) is 36.4 Å². The molecule has 0 aliphatic heterocycles. The van der Waals surface area contributed by atoms with Gasteiger partial charge < -0.3 is 24.8 Å². The van der Waals surface area contributed by atoms with E-state index in [0.717, 1.165) is 34.0 Å². The number of hydrogen-bond acceptors (Lipinski definition) is 0. The maximum atomic E-state index is 5.98. The van der Waals surface area contributed by atoms with Crippen LogP contribution in [0.3, 0.4) is 0 Å². The zero-order chi connectivity index (χ0) is 48.6. The summed E-state index contributed by atoms with van der Waals surface area (Å²) in [6.45, 7) is 36.5. The molecule has 0 atom stereocenters. The van der Waals surface area contributed by atoms with Crippen LogP contribution < -0.4 is 24.8 Å². The Balaban J connectivity index is 0.000000284. The van der Waals surface area contributed by atoms with Crippen molar-refractivity contribution in [3.05, 3.63) is 203 Å². The molecule has 7 aromatic carbocycles. The largest absolute Gasteiger partial charge is 1.00 e. The molecule has 68 heavy (non-hydrogen) atoms. The predicted octanol–water partition coefficient (Wildman–Crippen LogP) is 12.2. The predicted molar refractivity (Wildman–Crippen MR) is 286 cm³/mol. The van der Waals surface area contributed by atoms with Crippen molar-refractivity contribution in [2.75, 3.05) is 0 Å². The monoisotopic (exact) mass is 1060 g/mol. The molecule has 0 radical (unpaired) electrons. The molecule has 0 heterocycles. The van der Waals surface area contributed by atoms with Crippen LogP contribution in [0.4, 0.5) is 0 Å². The second kappa shape index (κ2) is 22.8. The van der Waals surface area contributed by atoms with Gasteiger partial charge in [0.1, 0.15) is 0 Å². The molecule has 5 heteroatoms. The van der Waals surface area contributed by atoms with Crippen molar-refractivity contribution in [1.29, 1.82) is 0 Å². The Morgan fingerprint density at radius 3 is 1.46 bits per heavy atom. The van der Waals surface area contributed by atoms with Crippen LogP contribution in [0.1, 0.15) is 147 Å². The Morgan fingerprint density at radius 1 is 0.574 bits per heavy atom. The molecule has 356 valence electrons. The van der Waals surface area contributed by atoms with Crippen LogP contribution in [-0.4, -0.2) is 3.21 Å². The van der Waals surface area contributed by atoms with Crippen molar-refractivity contribution in [3.63, 3.8) is 0 Å². The van der Waals surface area contributed by atoms with Crippen molar-refractivity contribution in [3.8, 4) is 33.4 Å². The molecule has 1 aliphatic carbocycles. The molecule has 0 saturated heterocycles. The Hall–Kier alpha value is -3.42. The first-order chi connectivity index (χ1) is 30.8. The van der Waals surface area contributed by atoms with Gasteiger partial charge in [0.25, 0.3) is 0 Å². The van der Waals surface area contributed by atoms with Crippen LogP contribution >= 0.6 is 23.2 Å². The van der Waals surface area contributed by atoms with Gasteiger partial charge in [-0.25, -0.2) is 6.07 Å². The van der Waals surface area contributed by atoms with E-state index in [2.05, 4.69) is 190 Å². The number of aryl methyl sites for hydroxylation is 7. The number of fused-ring (bicyclic) bond motifs is 3. The summed E-state index contributed by atoms with van der Waals surface area (Å²) < 4.78 is 1.26. The van der Waals surface area contributed by atoms with E-state index in [4.69, 9.17) is 23.2 Å². The fourth-order valence-electron chi connectivity index (χ4n) is 9.63. The van der Waals surface area contributed by atoms with Crippen LogP contribution in [0.15, 0.2) is 109 Å². The summed E-state index contributed by atoms with van der Waals surface area (Å²) in [6.07, 6.45) is 2.09. The van der Waals surface area contributed by atoms with Crippen LogP contribution in [-0.2, 0) is 53.3 Å². The zero-order valence-electron chi connectivity index (χ0n) is 43.3. The summed E-state index contributed by atoms with van der Waals surface area (Å²) in [6, 6.07) is 43.4. The maximum Gasteiger partial charge on any atom is -1.00 e. The minimum atomic E-state index is 0. The van der Waals surface area contributed by atoms with Gasteiger partial charge in [0.05, 0.1) is 0 Å². The van der Waals surface area contributed by atoms with E-state index in [1.165, 1.54) is 128 Å². The van der Waals surface area contributed by atoms with Crippen molar-refractivity contribution >= 4 is 26.4 Å². The van der Waals surface area contributed by atoms with E-state index in [1.54, 1.807) is 0 Å². The molecule has 0 N–H and O–H groups in total. The molecule has 8 rings (SSSR count). The SMILES string of the molecule is CCc1cc(C(C)(C)C)c[cH-]1.Cc1cc(C)c(-c2[c-]c3c(cc2C(C)(C)C)-c2cc(C(C)(C)C)c(-c4c(C)cc(C)cc4C)cc2C3)c(C)c1.Clc1cccc([C](=[Zr+2])c2cccc(Cl)c2)c1.[Cl-].[Cl-]. The minimum Gasteiger partial charge on any atom is -1.00 e. The molecule has 0 unspecified atom stereocenters. The third-order valence-corrected chi connectivity index (χ3v) is 14.8. The molecule has 0 fully saturated rings. The van der Waals surface area contributed by atoms with Crippen molar-refractivity contribution < 1.29 is 49.0 Å². The average molecular weight is 1060 g/mol. The smallest absolute Gasteiger partial charge is 1.00 e. The van der Waals surface area contributed by atoms with Crippen LogP contribution in [0.5, 0.6) is 0 Å². The van der Waals surface area contributed by atoms with E-state index >= 15 is 0 Å². The van der Waals surface area contributed by atoms with Gasteiger partial charge in [-0.2, -0.15) is 23.3 Å². The molecule has 7 aromatic rings. The topological polar surface area (TPSA) is 0 Å². The summed E-state index contributed by atoms with van der Waals surface area (Å²) in [5.41, 5.74) is 27.4. The summed E-state index contributed by atoms with van der Waals surface area (Å²) in [5, 5.41) is 1.53. The van der Waals surface area contributed by atoms with Gasteiger partial charge in [0.2, 0.25) is 0 Å². The Labute approximate surface area is 448 Å². The summed E-state index contributed by atoms with van der Waals surface area (Å²) in [4.78, 5) is 0. The van der Waals surface area contributed by atoms with Gasteiger partial charge in [0, 0.05) is 0 Å². The Bertz CT molecular complexity index is 2710. The standard InChI is InChI=1S/C39H45.C13H8Cl2.C11H17.2ClH.Zr/c1-22-13-24(3)36(25(4)14-22)32-18-28-17-29-19-33(37-26(5)15-23(2)16-27(37)6)35(39(10,11)12)21-31(29)30(28)20-34(32)38(7,8)9;14-12-5-1-3-10(8-12)7-11-4-2-6-13(15)9-11;1-5-9-6-7-10(8-9)11(2,3)4;;;/h13-16,18,20-21H,17H2,1-12H3;1-6,8-9H;6-8H,5H2,1-4H3;2*1H;/q-1;;-1;;;+2/p-2. The molecule has 0 amide bonds. The van der Waals surface area contributed by atoms with Crippen molar-refractivity contribution in [1.82, 2.24) is 0 Å². The van der Waals surface area contributed by atoms with Crippen LogP contribution in [0, 0.1) is 47.6 Å². The Morgan fingerprint density at radius 2 is 1.04 bits per heavy atom. The number of rotatable bonds is 5. The van der Waals surface area contributed by atoms with Crippen LogP contribution in [0.2, 0.25) is 10.0 Å². The van der Waals surface area contributed by atoms with E-state index < -0.39 is 0 Å². The first-order valence-electron chi connectivity index (χ1n) is 23.6. The van der Waals surface area contributed by atoms with Gasteiger partial charge in [-0.1, -0.05) is 156 Å². The maximum absolute atomic E-state index is 5.98. The molecule has 0 nitrogen and oxygen atoms in total.